The molecule has 2 N–H and O–H groups in total. The minimum absolute atomic E-state index is 0.0637. The van der Waals surface area contributed by atoms with Gasteiger partial charge in [0.05, 0.1) is 12.1 Å². The molecular weight excluding hydrogens is 224 g/mol. The fraction of sp³-hybridized carbons (Fsp3) is 0.667. The van der Waals surface area contributed by atoms with E-state index in [0.29, 0.717) is 5.92 Å². The molecule has 1 aromatic rings. The normalized spacial score (nSPS) is 20.6. The molecule has 3 heteroatoms. The third kappa shape index (κ3) is 3.09. The largest absolute Gasteiger partial charge is 0.379 e. The molecule has 1 heterocycles. The van der Waals surface area contributed by atoms with Gasteiger partial charge in [-0.05, 0) is 37.3 Å². The van der Waals surface area contributed by atoms with E-state index in [9.17, 15) is 0 Å². The Kier molecular flexibility index (Phi) is 4.72. The van der Waals surface area contributed by atoms with Gasteiger partial charge in [0.15, 0.2) is 0 Å². The third-order valence-electron chi connectivity index (χ3n) is 4.06. The molecule has 1 saturated carbocycles. The van der Waals surface area contributed by atoms with Crippen molar-refractivity contribution in [2.24, 2.45) is 11.7 Å². The number of nitrogens with zero attached hydrogens (tertiary/aromatic N) is 1. The van der Waals surface area contributed by atoms with Crippen LogP contribution in [0, 0.1) is 12.8 Å². The summed E-state index contributed by atoms with van der Waals surface area (Å²) in [5.74, 6) is 0.597. The molecule has 2 unspecified atom stereocenters. The van der Waals surface area contributed by atoms with Crippen molar-refractivity contribution in [1.29, 1.82) is 0 Å². The van der Waals surface area contributed by atoms with E-state index in [-0.39, 0.29) is 12.1 Å². The predicted octanol–water partition coefficient (Wildman–Crippen LogP) is 2.99. The van der Waals surface area contributed by atoms with E-state index in [2.05, 4.69) is 11.1 Å². The van der Waals surface area contributed by atoms with Crippen LogP contribution in [0.1, 0.15) is 49.4 Å². The molecule has 0 radical (unpaired) electrons. The lowest BCUT2D eigenvalue weighted by Gasteiger charge is -2.33. The molecule has 1 aliphatic carbocycles. The summed E-state index contributed by atoms with van der Waals surface area (Å²) in [6.07, 6.45) is 8.46. The molecular formula is C15H24N2O. The Hall–Kier alpha value is -0.930. The van der Waals surface area contributed by atoms with E-state index in [1.54, 1.807) is 7.11 Å². The molecule has 2 atom stereocenters. The zero-order chi connectivity index (χ0) is 13.0. The Morgan fingerprint density at radius 2 is 2.00 bits per heavy atom. The SMILES string of the molecule is COC(C1CCCCC1)C(N)c1ccc(C)nc1. The maximum absolute atomic E-state index is 6.37. The highest BCUT2D eigenvalue weighted by Crippen LogP contribution is 2.32. The first-order valence-electron chi connectivity index (χ1n) is 6.93. The summed E-state index contributed by atoms with van der Waals surface area (Å²) in [4.78, 5) is 4.33. The predicted molar refractivity (Wildman–Crippen MR) is 73.3 cm³/mol. The van der Waals surface area contributed by atoms with Gasteiger partial charge in [0, 0.05) is 19.0 Å². The molecule has 0 amide bonds. The molecule has 0 aromatic carbocycles. The molecule has 1 aromatic heterocycles. The van der Waals surface area contributed by atoms with Gasteiger partial charge in [-0.1, -0.05) is 25.3 Å². The van der Waals surface area contributed by atoms with Gasteiger partial charge >= 0.3 is 0 Å². The highest BCUT2D eigenvalue weighted by atomic mass is 16.5. The maximum atomic E-state index is 6.37. The molecule has 0 spiro atoms. The first kappa shape index (κ1) is 13.5. The minimum Gasteiger partial charge on any atom is -0.379 e. The zero-order valence-electron chi connectivity index (χ0n) is 11.4. The average molecular weight is 248 g/mol. The van der Waals surface area contributed by atoms with Crippen molar-refractivity contribution in [2.75, 3.05) is 7.11 Å². The van der Waals surface area contributed by atoms with Gasteiger partial charge in [0.25, 0.3) is 0 Å². The van der Waals surface area contributed by atoms with Gasteiger partial charge in [0.2, 0.25) is 0 Å². The highest BCUT2D eigenvalue weighted by Gasteiger charge is 2.29. The van der Waals surface area contributed by atoms with Crippen LogP contribution in [0.15, 0.2) is 18.3 Å². The molecule has 2 rings (SSSR count). The first-order chi connectivity index (χ1) is 8.72. The van der Waals surface area contributed by atoms with Crippen LogP contribution in [0.4, 0.5) is 0 Å². The van der Waals surface area contributed by atoms with Crippen molar-refractivity contribution in [3.8, 4) is 0 Å². The highest BCUT2D eigenvalue weighted by molar-refractivity contribution is 5.18. The summed E-state index contributed by atoms with van der Waals surface area (Å²) in [5.41, 5.74) is 8.47. The van der Waals surface area contributed by atoms with Crippen LogP contribution in [0.2, 0.25) is 0 Å². The number of hydrogen-bond donors (Lipinski definition) is 1. The molecule has 0 bridgehead atoms. The molecule has 100 valence electrons. The lowest BCUT2D eigenvalue weighted by atomic mass is 9.81. The maximum Gasteiger partial charge on any atom is 0.0792 e. The van der Waals surface area contributed by atoms with Crippen LogP contribution >= 0.6 is 0 Å². The number of methoxy groups -OCH3 is 1. The average Bonchev–Trinajstić information content (AvgIpc) is 2.41. The van der Waals surface area contributed by atoms with Crippen molar-refractivity contribution < 1.29 is 4.74 Å². The van der Waals surface area contributed by atoms with E-state index in [1.807, 2.05) is 19.2 Å². The monoisotopic (exact) mass is 248 g/mol. The molecule has 3 nitrogen and oxygen atoms in total. The van der Waals surface area contributed by atoms with Crippen LogP contribution < -0.4 is 5.73 Å². The first-order valence-corrected chi connectivity index (χ1v) is 6.93. The lowest BCUT2D eigenvalue weighted by molar-refractivity contribution is 0.0172. The van der Waals surface area contributed by atoms with Gasteiger partial charge in [-0.2, -0.15) is 0 Å². The number of aromatic nitrogens is 1. The molecule has 0 saturated heterocycles. The Bertz CT molecular complexity index is 357. The fourth-order valence-corrected chi connectivity index (χ4v) is 2.96. The number of hydrogen-bond acceptors (Lipinski definition) is 3. The summed E-state index contributed by atoms with van der Waals surface area (Å²) in [6, 6.07) is 4.02. The number of ether oxygens (including phenoxy) is 1. The Morgan fingerprint density at radius 1 is 1.28 bits per heavy atom. The fourth-order valence-electron chi connectivity index (χ4n) is 2.96. The van der Waals surface area contributed by atoms with Gasteiger partial charge in [-0.25, -0.2) is 0 Å². The smallest absolute Gasteiger partial charge is 0.0792 e. The molecule has 0 aliphatic heterocycles. The summed E-state index contributed by atoms with van der Waals surface area (Å²) in [7, 11) is 1.78. The summed E-state index contributed by atoms with van der Waals surface area (Å²) in [6.45, 7) is 1.99. The Labute approximate surface area is 110 Å². The van der Waals surface area contributed by atoms with Crippen molar-refractivity contribution in [3.05, 3.63) is 29.6 Å². The summed E-state index contributed by atoms with van der Waals surface area (Å²) >= 11 is 0. The molecule has 18 heavy (non-hydrogen) atoms. The topological polar surface area (TPSA) is 48.1 Å². The number of aryl methyl sites for hydroxylation is 1. The van der Waals surface area contributed by atoms with Crippen LogP contribution in [-0.2, 0) is 4.74 Å². The van der Waals surface area contributed by atoms with E-state index in [1.165, 1.54) is 32.1 Å². The van der Waals surface area contributed by atoms with Crippen molar-refractivity contribution in [2.45, 2.75) is 51.2 Å². The van der Waals surface area contributed by atoms with Crippen LogP contribution in [0.3, 0.4) is 0 Å². The van der Waals surface area contributed by atoms with Crippen LogP contribution in [-0.4, -0.2) is 18.2 Å². The Balaban J connectivity index is 2.08. The molecule has 1 fully saturated rings. The second-order valence-corrected chi connectivity index (χ2v) is 5.36. The van der Waals surface area contributed by atoms with Crippen molar-refractivity contribution in [1.82, 2.24) is 4.98 Å². The second-order valence-electron chi connectivity index (χ2n) is 5.36. The van der Waals surface area contributed by atoms with Crippen LogP contribution in [0.25, 0.3) is 0 Å². The Morgan fingerprint density at radius 3 is 2.56 bits per heavy atom. The number of nitrogens with two attached hydrogens (primary N) is 1. The van der Waals surface area contributed by atoms with Gasteiger partial charge in [-0.3, -0.25) is 4.98 Å². The standard InChI is InChI=1S/C15H24N2O/c1-11-8-9-13(10-17-11)14(16)15(18-2)12-6-4-3-5-7-12/h8-10,12,14-15H,3-7,16H2,1-2H3. The molecule has 1 aliphatic rings. The van der Waals surface area contributed by atoms with Gasteiger partial charge in [-0.15, -0.1) is 0 Å². The van der Waals surface area contributed by atoms with Crippen molar-refractivity contribution in [3.63, 3.8) is 0 Å². The van der Waals surface area contributed by atoms with Gasteiger partial charge in [0.1, 0.15) is 0 Å². The third-order valence-corrected chi connectivity index (χ3v) is 4.06. The summed E-state index contributed by atoms with van der Waals surface area (Å²) < 4.78 is 5.68. The number of pyridine rings is 1. The second kappa shape index (κ2) is 6.30. The van der Waals surface area contributed by atoms with Crippen molar-refractivity contribution >= 4 is 0 Å². The van der Waals surface area contributed by atoms with Gasteiger partial charge < -0.3 is 10.5 Å². The number of rotatable bonds is 4. The van der Waals surface area contributed by atoms with E-state index in [0.717, 1.165) is 11.3 Å². The zero-order valence-corrected chi connectivity index (χ0v) is 11.4. The van der Waals surface area contributed by atoms with E-state index >= 15 is 0 Å². The summed E-state index contributed by atoms with van der Waals surface area (Å²) in [5, 5.41) is 0. The minimum atomic E-state index is -0.0637. The van der Waals surface area contributed by atoms with E-state index < -0.39 is 0 Å². The van der Waals surface area contributed by atoms with E-state index in [4.69, 9.17) is 10.5 Å². The lowest BCUT2D eigenvalue weighted by Crippen LogP contribution is -2.36. The van der Waals surface area contributed by atoms with Crippen LogP contribution in [0.5, 0.6) is 0 Å². The quantitative estimate of drug-likeness (QED) is 0.891.